The highest BCUT2D eigenvalue weighted by molar-refractivity contribution is 5.94. The number of piperidine rings is 1. The first-order chi connectivity index (χ1) is 18.0. The highest BCUT2D eigenvalue weighted by Gasteiger charge is 2.44. The fraction of sp³-hybridized carbons (Fsp3) is 0.536. The van der Waals surface area contributed by atoms with Crippen LogP contribution in [-0.4, -0.2) is 82.1 Å². The van der Waals surface area contributed by atoms with Gasteiger partial charge in [0.25, 0.3) is 5.92 Å². The standard InChI is InChI=1S/C28H35F3N6O/c1-6-19-12-20-18(4)24(22-11-16(2)33-34-22)26(32-25(20)21(29)13-19)37-10-9-36(15-17(37)3)27(38)23-14-28(30,31)7-8-35(23)5/h11-13,17,23H,6-10,14-15H2,1-5H3,(H,33,34)/t17-,23-/m1/s1. The minimum Gasteiger partial charge on any atom is -0.350 e. The molecular formula is C28H35F3N6O. The van der Waals surface area contributed by atoms with Crippen LogP contribution in [0, 0.1) is 19.7 Å². The second-order valence-corrected chi connectivity index (χ2v) is 10.8. The van der Waals surface area contributed by atoms with E-state index in [0.29, 0.717) is 37.4 Å². The molecule has 4 heterocycles. The molecule has 0 spiro atoms. The fourth-order valence-corrected chi connectivity index (χ4v) is 5.78. The number of carbonyl (C=O) groups is 1. The van der Waals surface area contributed by atoms with Crippen LogP contribution in [-0.2, 0) is 11.2 Å². The summed E-state index contributed by atoms with van der Waals surface area (Å²) in [6, 6.07) is 4.48. The Morgan fingerprint density at radius 1 is 1.18 bits per heavy atom. The van der Waals surface area contributed by atoms with Crippen molar-refractivity contribution in [2.24, 2.45) is 0 Å². The van der Waals surface area contributed by atoms with Gasteiger partial charge in [-0.15, -0.1) is 0 Å². The van der Waals surface area contributed by atoms with Crippen molar-refractivity contribution < 1.29 is 18.0 Å². The lowest BCUT2D eigenvalue weighted by atomic mass is 9.96. The van der Waals surface area contributed by atoms with Gasteiger partial charge in [-0.3, -0.25) is 14.8 Å². The Kier molecular flexibility index (Phi) is 6.87. The summed E-state index contributed by atoms with van der Waals surface area (Å²) in [6.07, 6.45) is 0.0280. The molecule has 3 aromatic rings. The van der Waals surface area contributed by atoms with E-state index in [0.717, 1.165) is 33.5 Å². The number of aromatic nitrogens is 3. The molecule has 5 rings (SSSR count). The van der Waals surface area contributed by atoms with Crippen LogP contribution in [0.2, 0.25) is 0 Å². The Labute approximate surface area is 221 Å². The number of alkyl halides is 2. The lowest BCUT2D eigenvalue weighted by Gasteiger charge is -2.44. The minimum absolute atomic E-state index is 0.164. The smallest absolute Gasteiger partial charge is 0.251 e. The maximum absolute atomic E-state index is 15.2. The van der Waals surface area contributed by atoms with Gasteiger partial charge in [0.1, 0.15) is 17.2 Å². The number of piperazine rings is 1. The number of hydrogen-bond donors (Lipinski definition) is 1. The Bertz CT molecular complexity index is 1370. The van der Waals surface area contributed by atoms with Gasteiger partial charge in [-0.05, 0) is 63.6 Å². The summed E-state index contributed by atoms with van der Waals surface area (Å²) in [4.78, 5) is 23.7. The van der Waals surface area contributed by atoms with Gasteiger partial charge in [0.15, 0.2) is 0 Å². The van der Waals surface area contributed by atoms with Crippen LogP contribution < -0.4 is 4.90 Å². The van der Waals surface area contributed by atoms with Gasteiger partial charge in [-0.25, -0.2) is 18.2 Å². The van der Waals surface area contributed by atoms with Gasteiger partial charge in [0.05, 0.1) is 11.7 Å². The maximum atomic E-state index is 15.2. The van der Waals surface area contributed by atoms with Crippen LogP contribution in [0.25, 0.3) is 22.2 Å². The first-order valence-corrected chi connectivity index (χ1v) is 13.3. The number of aromatic amines is 1. The zero-order chi connectivity index (χ0) is 27.4. The summed E-state index contributed by atoms with van der Waals surface area (Å²) in [5.74, 6) is -2.84. The summed E-state index contributed by atoms with van der Waals surface area (Å²) in [6.45, 7) is 9.24. The number of anilines is 1. The minimum atomic E-state index is -2.83. The van der Waals surface area contributed by atoms with Gasteiger partial charge in [-0.1, -0.05) is 6.92 Å². The van der Waals surface area contributed by atoms with E-state index in [2.05, 4.69) is 15.1 Å². The topological polar surface area (TPSA) is 68.4 Å². The van der Waals surface area contributed by atoms with Gasteiger partial charge >= 0.3 is 0 Å². The molecule has 1 amide bonds. The van der Waals surface area contributed by atoms with Gasteiger partial charge in [-0.2, -0.15) is 5.10 Å². The van der Waals surface area contributed by atoms with Crippen molar-refractivity contribution in [1.29, 1.82) is 0 Å². The molecule has 0 unspecified atom stereocenters. The molecule has 2 aliphatic rings. The van der Waals surface area contributed by atoms with E-state index in [-0.39, 0.29) is 30.7 Å². The fourth-order valence-electron chi connectivity index (χ4n) is 5.78. The molecule has 2 aliphatic heterocycles. The largest absolute Gasteiger partial charge is 0.350 e. The van der Waals surface area contributed by atoms with E-state index in [1.807, 2.05) is 39.8 Å². The first kappa shape index (κ1) is 26.5. The molecule has 2 saturated heterocycles. The third kappa shape index (κ3) is 4.74. The van der Waals surface area contributed by atoms with Crippen LogP contribution in [0.4, 0.5) is 19.0 Å². The van der Waals surface area contributed by atoms with E-state index < -0.39 is 18.4 Å². The molecule has 0 radical (unpaired) electrons. The SMILES string of the molecule is CCc1cc(F)c2nc(N3CCN(C(=O)[C@H]4CC(F)(F)CCN4C)C[C@H]3C)c(-c3cc(C)[nH]n3)c(C)c2c1. The Morgan fingerprint density at radius 2 is 1.95 bits per heavy atom. The van der Waals surface area contributed by atoms with Crippen LogP contribution >= 0.6 is 0 Å². The Balaban J connectivity index is 1.50. The zero-order valence-corrected chi connectivity index (χ0v) is 22.6. The molecule has 0 aliphatic carbocycles. The molecule has 1 aromatic carbocycles. The molecule has 0 saturated carbocycles. The first-order valence-electron chi connectivity index (χ1n) is 13.3. The number of carbonyl (C=O) groups excluding carboxylic acids is 1. The average Bonchev–Trinajstić information content (AvgIpc) is 3.30. The number of likely N-dealkylation sites (N-methyl/N-ethyl adjacent to an activating group) is 1. The van der Waals surface area contributed by atoms with E-state index in [9.17, 15) is 13.6 Å². The number of H-pyrrole nitrogens is 1. The molecule has 38 heavy (non-hydrogen) atoms. The Morgan fingerprint density at radius 3 is 2.61 bits per heavy atom. The third-order valence-electron chi connectivity index (χ3n) is 8.06. The number of nitrogens with zero attached hydrogens (tertiary/aromatic N) is 5. The molecule has 1 N–H and O–H groups in total. The number of rotatable bonds is 4. The van der Waals surface area contributed by atoms with Crippen molar-refractivity contribution >= 4 is 22.6 Å². The monoisotopic (exact) mass is 528 g/mol. The number of fused-ring (bicyclic) bond motifs is 1. The number of likely N-dealkylation sites (tertiary alicyclic amines) is 1. The quantitative estimate of drug-likeness (QED) is 0.531. The second-order valence-electron chi connectivity index (χ2n) is 10.8. The summed E-state index contributed by atoms with van der Waals surface area (Å²) in [7, 11) is 1.73. The van der Waals surface area contributed by atoms with Crippen LogP contribution in [0.3, 0.4) is 0 Å². The normalized spacial score (nSPS) is 22.3. The molecule has 2 aromatic heterocycles. The number of nitrogens with one attached hydrogen (secondary N) is 1. The molecule has 0 bridgehead atoms. The van der Waals surface area contributed by atoms with Crippen LogP contribution in [0.15, 0.2) is 18.2 Å². The van der Waals surface area contributed by atoms with Crippen molar-refractivity contribution in [1.82, 2.24) is 25.0 Å². The highest BCUT2D eigenvalue weighted by atomic mass is 19.3. The van der Waals surface area contributed by atoms with Crippen LogP contribution in [0.5, 0.6) is 0 Å². The van der Waals surface area contributed by atoms with Crippen molar-refractivity contribution in [2.75, 3.05) is 38.1 Å². The number of aryl methyl sites for hydroxylation is 3. The summed E-state index contributed by atoms with van der Waals surface area (Å²) >= 11 is 0. The summed E-state index contributed by atoms with van der Waals surface area (Å²) < 4.78 is 43.5. The maximum Gasteiger partial charge on any atom is 0.251 e. The molecule has 2 fully saturated rings. The highest BCUT2D eigenvalue weighted by Crippen LogP contribution is 2.39. The predicted molar refractivity (Wildman–Crippen MR) is 142 cm³/mol. The van der Waals surface area contributed by atoms with E-state index >= 15 is 4.39 Å². The number of hydrogen-bond acceptors (Lipinski definition) is 5. The van der Waals surface area contributed by atoms with E-state index in [4.69, 9.17) is 4.98 Å². The number of pyridine rings is 1. The molecule has 7 nitrogen and oxygen atoms in total. The lowest BCUT2D eigenvalue weighted by Crippen LogP contribution is -2.60. The van der Waals surface area contributed by atoms with Gasteiger partial charge in [0.2, 0.25) is 5.91 Å². The molecular weight excluding hydrogens is 493 g/mol. The third-order valence-corrected chi connectivity index (χ3v) is 8.06. The number of amides is 1. The average molecular weight is 529 g/mol. The molecule has 10 heteroatoms. The summed E-state index contributed by atoms with van der Waals surface area (Å²) in [5, 5.41) is 8.25. The lowest BCUT2D eigenvalue weighted by molar-refractivity contribution is -0.146. The van der Waals surface area contributed by atoms with Crippen molar-refractivity contribution in [3.05, 3.63) is 40.8 Å². The number of benzene rings is 1. The van der Waals surface area contributed by atoms with Crippen molar-refractivity contribution in [3.8, 4) is 11.3 Å². The molecule has 204 valence electrons. The predicted octanol–water partition coefficient (Wildman–Crippen LogP) is 4.71. The Hall–Kier alpha value is -3.14. The molecule has 2 atom stereocenters. The zero-order valence-electron chi connectivity index (χ0n) is 22.6. The van der Waals surface area contributed by atoms with E-state index in [1.54, 1.807) is 16.8 Å². The van der Waals surface area contributed by atoms with Gasteiger partial charge in [0, 0.05) is 61.7 Å². The summed E-state index contributed by atoms with van der Waals surface area (Å²) in [5.41, 5.74) is 4.55. The van der Waals surface area contributed by atoms with E-state index in [1.165, 1.54) is 6.07 Å². The van der Waals surface area contributed by atoms with Crippen LogP contribution in [0.1, 0.15) is 43.5 Å². The van der Waals surface area contributed by atoms with Crippen molar-refractivity contribution in [2.45, 2.75) is 65.0 Å². The number of halogens is 3. The van der Waals surface area contributed by atoms with Gasteiger partial charge < -0.3 is 9.80 Å². The van der Waals surface area contributed by atoms with Crippen molar-refractivity contribution in [3.63, 3.8) is 0 Å². The second kappa shape index (κ2) is 9.87.